The van der Waals surface area contributed by atoms with Crippen LogP contribution in [0.3, 0.4) is 0 Å². The first kappa shape index (κ1) is 16.7. The maximum absolute atomic E-state index is 12.2. The van der Waals surface area contributed by atoms with Crippen LogP contribution in [0.2, 0.25) is 0 Å². The number of hydrogen-bond acceptors (Lipinski definition) is 5. The molecule has 0 aromatic carbocycles. The number of nitrogens with zero attached hydrogens (tertiary/aromatic N) is 3. The number of anilines is 1. The summed E-state index contributed by atoms with van der Waals surface area (Å²) in [5.41, 5.74) is 0.442. The molecule has 1 aliphatic rings. The fourth-order valence-electron chi connectivity index (χ4n) is 2.73. The molecule has 0 atom stereocenters. The van der Waals surface area contributed by atoms with E-state index >= 15 is 0 Å². The van der Waals surface area contributed by atoms with E-state index in [2.05, 4.69) is 25.5 Å². The second kappa shape index (κ2) is 8.08. The summed E-state index contributed by atoms with van der Waals surface area (Å²) in [4.78, 5) is 22.9. The van der Waals surface area contributed by atoms with Crippen LogP contribution in [-0.4, -0.2) is 54.0 Å². The van der Waals surface area contributed by atoms with Gasteiger partial charge in [0.2, 0.25) is 0 Å². The summed E-state index contributed by atoms with van der Waals surface area (Å²) in [6.07, 6.45) is 5.81. The van der Waals surface area contributed by atoms with Gasteiger partial charge in [0.05, 0.1) is 0 Å². The average Bonchev–Trinajstić information content (AvgIpc) is 2.95. The number of aromatic nitrogens is 2. The fraction of sp³-hybridized carbons (Fsp3) is 0.688. The lowest BCUT2D eigenvalue weighted by Gasteiger charge is -2.14. The number of nitrogens with one attached hydrogen (secondary N) is 2. The molecule has 22 heavy (non-hydrogen) atoms. The Bertz CT molecular complexity index is 497. The Labute approximate surface area is 132 Å². The second-order valence-corrected chi connectivity index (χ2v) is 6.22. The number of hydrogen-bond donors (Lipinski definition) is 2. The predicted molar refractivity (Wildman–Crippen MR) is 88.2 cm³/mol. The van der Waals surface area contributed by atoms with Gasteiger partial charge in [0, 0.05) is 18.7 Å². The first-order chi connectivity index (χ1) is 10.5. The summed E-state index contributed by atoms with van der Waals surface area (Å²) in [5.74, 6) is 1.26. The van der Waals surface area contributed by atoms with E-state index in [4.69, 9.17) is 0 Å². The Morgan fingerprint density at radius 3 is 2.73 bits per heavy atom. The molecule has 2 N–H and O–H groups in total. The minimum atomic E-state index is -0.126. The molecule has 2 rings (SSSR count). The summed E-state index contributed by atoms with van der Waals surface area (Å²) >= 11 is 0. The third kappa shape index (κ3) is 5.26. The zero-order chi connectivity index (χ0) is 15.9. The Morgan fingerprint density at radius 2 is 2.05 bits per heavy atom. The van der Waals surface area contributed by atoms with Gasteiger partial charge in [-0.1, -0.05) is 12.8 Å². The van der Waals surface area contributed by atoms with E-state index < -0.39 is 0 Å². The smallest absolute Gasteiger partial charge is 0.270 e. The molecular weight excluding hydrogens is 278 g/mol. The quantitative estimate of drug-likeness (QED) is 0.752. The highest BCUT2D eigenvalue weighted by molar-refractivity contribution is 5.92. The zero-order valence-electron chi connectivity index (χ0n) is 13.9. The van der Waals surface area contributed by atoms with E-state index in [-0.39, 0.29) is 5.91 Å². The summed E-state index contributed by atoms with van der Waals surface area (Å²) in [5, 5.41) is 6.34. The summed E-state index contributed by atoms with van der Waals surface area (Å²) in [6.45, 7) is 3.44. The van der Waals surface area contributed by atoms with Crippen LogP contribution in [0.4, 0.5) is 5.82 Å². The Hall–Kier alpha value is -1.69. The number of carbonyl (C=O) groups excluding carboxylic acids is 1. The van der Waals surface area contributed by atoms with Crippen LogP contribution < -0.4 is 10.6 Å². The molecule has 6 nitrogen and oxygen atoms in total. The van der Waals surface area contributed by atoms with Gasteiger partial charge >= 0.3 is 0 Å². The molecule has 6 heteroatoms. The predicted octanol–water partition coefficient (Wildman–Crippen LogP) is 1.82. The van der Waals surface area contributed by atoms with Crippen molar-refractivity contribution in [1.82, 2.24) is 20.2 Å². The molecule has 0 radical (unpaired) electrons. The van der Waals surface area contributed by atoms with Gasteiger partial charge in [0.15, 0.2) is 0 Å². The van der Waals surface area contributed by atoms with E-state index in [9.17, 15) is 4.79 Å². The van der Waals surface area contributed by atoms with Crippen molar-refractivity contribution in [2.75, 3.05) is 32.5 Å². The van der Waals surface area contributed by atoms with Crippen LogP contribution in [0.5, 0.6) is 0 Å². The van der Waals surface area contributed by atoms with Gasteiger partial charge in [-0.25, -0.2) is 9.97 Å². The van der Waals surface area contributed by atoms with Crippen LogP contribution in [0.1, 0.15) is 48.4 Å². The van der Waals surface area contributed by atoms with Crippen molar-refractivity contribution in [3.63, 3.8) is 0 Å². The molecule has 1 aliphatic carbocycles. The van der Waals surface area contributed by atoms with Gasteiger partial charge in [0.1, 0.15) is 17.3 Å². The van der Waals surface area contributed by atoms with Crippen molar-refractivity contribution in [3.8, 4) is 0 Å². The molecule has 0 unspecified atom stereocenters. The van der Waals surface area contributed by atoms with Crippen LogP contribution in [-0.2, 0) is 0 Å². The van der Waals surface area contributed by atoms with Crippen molar-refractivity contribution in [1.29, 1.82) is 0 Å². The van der Waals surface area contributed by atoms with Crippen LogP contribution in [0.15, 0.2) is 6.07 Å². The van der Waals surface area contributed by atoms with E-state index in [0.717, 1.165) is 18.8 Å². The van der Waals surface area contributed by atoms with E-state index in [1.165, 1.54) is 25.7 Å². The van der Waals surface area contributed by atoms with Gasteiger partial charge in [-0.2, -0.15) is 0 Å². The minimum absolute atomic E-state index is 0.126. The third-order valence-electron chi connectivity index (χ3n) is 3.85. The normalized spacial score (nSPS) is 15.3. The SMILES string of the molecule is Cc1nc(NC2CCCC2)cc(C(=O)NCCCN(C)C)n1. The van der Waals surface area contributed by atoms with Crippen molar-refractivity contribution in [2.24, 2.45) is 0 Å². The van der Waals surface area contributed by atoms with Crippen LogP contribution in [0.25, 0.3) is 0 Å². The number of rotatable bonds is 7. The van der Waals surface area contributed by atoms with Crippen LogP contribution in [0, 0.1) is 6.92 Å². The largest absolute Gasteiger partial charge is 0.367 e. The molecule has 1 aromatic heterocycles. The summed E-state index contributed by atoms with van der Waals surface area (Å²) in [7, 11) is 4.05. The number of carbonyl (C=O) groups is 1. The van der Waals surface area contributed by atoms with Gasteiger partial charge in [-0.05, 0) is 46.8 Å². The molecule has 1 fully saturated rings. The molecule has 0 aliphatic heterocycles. The van der Waals surface area contributed by atoms with E-state index in [1.54, 1.807) is 6.07 Å². The molecule has 1 heterocycles. The molecule has 0 saturated heterocycles. The molecule has 1 amide bonds. The van der Waals surface area contributed by atoms with Crippen LogP contribution >= 0.6 is 0 Å². The highest BCUT2D eigenvalue weighted by Gasteiger charge is 2.16. The Kier molecular flexibility index (Phi) is 6.12. The topological polar surface area (TPSA) is 70.2 Å². The Balaban J connectivity index is 1.91. The maximum atomic E-state index is 12.2. The lowest BCUT2D eigenvalue weighted by molar-refractivity contribution is 0.0947. The minimum Gasteiger partial charge on any atom is -0.367 e. The van der Waals surface area contributed by atoms with Gasteiger partial charge in [0.25, 0.3) is 5.91 Å². The standard InChI is InChI=1S/C16H27N5O/c1-12-18-14(16(22)17-9-6-10-21(2)3)11-15(19-12)20-13-7-4-5-8-13/h11,13H,4-10H2,1-3H3,(H,17,22)(H,18,19,20). The molecule has 122 valence electrons. The first-order valence-corrected chi connectivity index (χ1v) is 8.10. The molecule has 0 bridgehead atoms. The van der Waals surface area contributed by atoms with Crippen molar-refractivity contribution >= 4 is 11.7 Å². The van der Waals surface area contributed by atoms with Crippen molar-refractivity contribution in [3.05, 3.63) is 17.6 Å². The molecule has 1 saturated carbocycles. The molecule has 1 aromatic rings. The van der Waals surface area contributed by atoms with Crippen molar-refractivity contribution in [2.45, 2.75) is 45.1 Å². The van der Waals surface area contributed by atoms with Gasteiger partial charge < -0.3 is 15.5 Å². The third-order valence-corrected chi connectivity index (χ3v) is 3.85. The average molecular weight is 305 g/mol. The van der Waals surface area contributed by atoms with Gasteiger partial charge in [-0.3, -0.25) is 4.79 Å². The van der Waals surface area contributed by atoms with Crippen molar-refractivity contribution < 1.29 is 4.79 Å². The van der Waals surface area contributed by atoms with E-state index in [1.807, 2.05) is 21.0 Å². The first-order valence-electron chi connectivity index (χ1n) is 8.10. The lowest BCUT2D eigenvalue weighted by atomic mass is 10.2. The number of amides is 1. The monoisotopic (exact) mass is 305 g/mol. The summed E-state index contributed by atoms with van der Waals surface area (Å²) in [6, 6.07) is 2.23. The molecular formula is C16H27N5O. The zero-order valence-corrected chi connectivity index (χ0v) is 13.9. The maximum Gasteiger partial charge on any atom is 0.270 e. The highest BCUT2D eigenvalue weighted by atomic mass is 16.1. The highest BCUT2D eigenvalue weighted by Crippen LogP contribution is 2.21. The van der Waals surface area contributed by atoms with E-state index in [0.29, 0.717) is 24.1 Å². The Morgan fingerprint density at radius 1 is 1.32 bits per heavy atom. The lowest BCUT2D eigenvalue weighted by Crippen LogP contribution is -2.28. The second-order valence-electron chi connectivity index (χ2n) is 6.22. The van der Waals surface area contributed by atoms with Gasteiger partial charge in [-0.15, -0.1) is 0 Å². The fourth-order valence-corrected chi connectivity index (χ4v) is 2.73. The number of aryl methyl sites for hydroxylation is 1. The summed E-state index contributed by atoms with van der Waals surface area (Å²) < 4.78 is 0. The molecule has 0 spiro atoms.